The van der Waals surface area contributed by atoms with Crippen LogP contribution in [0.3, 0.4) is 0 Å². The third-order valence-corrected chi connectivity index (χ3v) is 2.07. The van der Waals surface area contributed by atoms with Crippen LogP contribution in [0.2, 0.25) is 5.02 Å². The maximum atomic E-state index is 12.3. The molecular weight excluding hydrogens is 217 g/mol. The van der Waals surface area contributed by atoms with Crippen molar-refractivity contribution >= 4 is 11.6 Å². The molecule has 6 heteroatoms. The number of nitrogens with zero attached hydrogens (tertiary/aromatic N) is 1. The van der Waals surface area contributed by atoms with Crippen LogP contribution in [-0.2, 0) is 12.6 Å². The van der Waals surface area contributed by atoms with Gasteiger partial charge in [0.1, 0.15) is 0 Å². The van der Waals surface area contributed by atoms with Crippen molar-refractivity contribution in [2.75, 3.05) is 6.54 Å². The van der Waals surface area contributed by atoms with E-state index in [4.69, 9.17) is 17.3 Å². The van der Waals surface area contributed by atoms with Gasteiger partial charge in [-0.3, -0.25) is 4.98 Å². The number of hydrogen-bond donors (Lipinski definition) is 1. The van der Waals surface area contributed by atoms with E-state index < -0.39 is 11.7 Å². The van der Waals surface area contributed by atoms with Crippen molar-refractivity contribution < 1.29 is 13.2 Å². The molecule has 14 heavy (non-hydrogen) atoms. The van der Waals surface area contributed by atoms with Crippen LogP contribution in [0, 0.1) is 0 Å². The SMILES string of the molecule is NCCc1nccc(C(F)(F)F)c1Cl. The van der Waals surface area contributed by atoms with Crippen molar-refractivity contribution in [3.8, 4) is 0 Å². The lowest BCUT2D eigenvalue weighted by Gasteiger charge is -2.10. The van der Waals surface area contributed by atoms with Gasteiger partial charge in [-0.05, 0) is 12.6 Å². The van der Waals surface area contributed by atoms with E-state index in [1.54, 1.807) is 0 Å². The van der Waals surface area contributed by atoms with E-state index in [0.717, 1.165) is 12.3 Å². The number of pyridine rings is 1. The van der Waals surface area contributed by atoms with E-state index in [2.05, 4.69) is 4.98 Å². The maximum Gasteiger partial charge on any atom is 0.417 e. The van der Waals surface area contributed by atoms with Crippen molar-refractivity contribution in [1.82, 2.24) is 4.98 Å². The zero-order valence-corrected chi connectivity index (χ0v) is 7.86. The molecule has 0 amide bonds. The Morgan fingerprint density at radius 2 is 2.07 bits per heavy atom. The number of halogens is 4. The quantitative estimate of drug-likeness (QED) is 0.837. The number of alkyl halides is 3. The summed E-state index contributed by atoms with van der Waals surface area (Å²) in [6.07, 6.45) is -3.12. The molecule has 0 aliphatic rings. The summed E-state index contributed by atoms with van der Waals surface area (Å²) in [7, 11) is 0. The minimum absolute atomic E-state index is 0.184. The van der Waals surface area contributed by atoms with Crippen molar-refractivity contribution in [3.63, 3.8) is 0 Å². The molecule has 0 unspecified atom stereocenters. The lowest BCUT2D eigenvalue weighted by molar-refractivity contribution is -0.137. The van der Waals surface area contributed by atoms with E-state index in [0.29, 0.717) is 0 Å². The van der Waals surface area contributed by atoms with E-state index in [-0.39, 0.29) is 23.7 Å². The molecule has 2 nitrogen and oxygen atoms in total. The predicted molar refractivity (Wildman–Crippen MR) is 47.0 cm³/mol. The summed E-state index contributed by atoms with van der Waals surface area (Å²) < 4.78 is 37.0. The van der Waals surface area contributed by atoms with Crippen molar-refractivity contribution in [2.45, 2.75) is 12.6 Å². The molecule has 0 bridgehead atoms. The predicted octanol–water partition coefficient (Wildman–Crippen LogP) is 2.25. The molecule has 0 aliphatic heterocycles. The van der Waals surface area contributed by atoms with Crippen LogP contribution >= 0.6 is 11.6 Å². The van der Waals surface area contributed by atoms with Gasteiger partial charge in [0, 0.05) is 12.6 Å². The van der Waals surface area contributed by atoms with Gasteiger partial charge in [-0.2, -0.15) is 13.2 Å². The van der Waals surface area contributed by atoms with Crippen molar-refractivity contribution in [3.05, 3.63) is 28.5 Å². The van der Waals surface area contributed by atoms with Crippen LogP contribution in [0.4, 0.5) is 13.2 Å². The van der Waals surface area contributed by atoms with Gasteiger partial charge >= 0.3 is 6.18 Å². The van der Waals surface area contributed by atoms with Gasteiger partial charge < -0.3 is 5.73 Å². The molecule has 0 aliphatic carbocycles. The Morgan fingerprint density at radius 3 is 2.57 bits per heavy atom. The Labute approximate surface area is 83.9 Å². The summed E-state index contributed by atoms with van der Waals surface area (Å²) in [4.78, 5) is 3.73. The summed E-state index contributed by atoms with van der Waals surface area (Å²) in [6, 6.07) is 0.850. The first kappa shape index (κ1) is 11.3. The van der Waals surface area contributed by atoms with Crippen LogP contribution < -0.4 is 5.73 Å². The minimum atomic E-state index is -4.44. The number of hydrogen-bond acceptors (Lipinski definition) is 2. The highest BCUT2D eigenvalue weighted by Gasteiger charge is 2.34. The number of rotatable bonds is 2. The largest absolute Gasteiger partial charge is 0.417 e. The Hall–Kier alpha value is -0.810. The average molecular weight is 225 g/mol. The highest BCUT2D eigenvalue weighted by molar-refractivity contribution is 6.32. The first-order valence-electron chi connectivity index (χ1n) is 3.87. The first-order chi connectivity index (χ1) is 6.46. The zero-order chi connectivity index (χ0) is 10.8. The van der Waals surface area contributed by atoms with Crippen molar-refractivity contribution in [1.29, 1.82) is 0 Å². The second kappa shape index (κ2) is 4.14. The van der Waals surface area contributed by atoms with Crippen LogP contribution in [0.25, 0.3) is 0 Å². The van der Waals surface area contributed by atoms with E-state index in [9.17, 15) is 13.2 Å². The van der Waals surface area contributed by atoms with Gasteiger partial charge in [-0.25, -0.2) is 0 Å². The molecule has 0 saturated carbocycles. The van der Waals surface area contributed by atoms with Gasteiger partial charge in [0.15, 0.2) is 0 Å². The lowest BCUT2D eigenvalue weighted by atomic mass is 10.2. The third-order valence-electron chi connectivity index (χ3n) is 1.65. The van der Waals surface area contributed by atoms with Gasteiger partial charge in [0.2, 0.25) is 0 Å². The molecule has 1 aromatic heterocycles. The zero-order valence-electron chi connectivity index (χ0n) is 7.11. The Morgan fingerprint density at radius 1 is 1.43 bits per heavy atom. The van der Waals surface area contributed by atoms with Gasteiger partial charge in [-0.1, -0.05) is 11.6 Å². The molecule has 1 rings (SSSR count). The number of nitrogens with two attached hydrogens (primary N) is 1. The smallest absolute Gasteiger partial charge is 0.330 e. The average Bonchev–Trinajstić information content (AvgIpc) is 2.07. The summed E-state index contributed by atoms with van der Waals surface area (Å²) in [5.74, 6) is 0. The summed E-state index contributed by atoms with van der Waals surface area (Å²) >= 11 is 5.53. The fourth-order valence-corrected chi connectivity index (χ4v) is 1.33. The Balaban J connectivity index is 3.14. The third kappa shape index (κ3) is 2.36. The van der Waals surface area contributed by atoms with Crippen LogP contribution in [-0.4, -0.2) is 11.5 Å². The minimum Gasteiger partial charge on any atom is -0.330 e. The second-order valence-electron chi connectivity index (χ2n) is 2.66. The molecule has 0 spiro atoms. The Kier molecular flexibility index (Phi) is 3.34. The standard InChI is InChI=1S/C8H8ClF3N2/c9-7-5(8(10,11)12)2-4-14-6(7)1-3-13/h2,4H,1,3,13H2. The Bertz CT molecular complexity index is 325. The fraction of sp³-hybridized carbons (Fsp3) is 0.375. The van der Waals surface area contributed by atoms with Crippen molar-refractivity contribution in [2.24, 2.45) is 5.73 Å². The van der Waals surface area contributed by atoms with Gasteiger partial charge in [-0.15, -0.1) is 0 Å². The molecule has 0 saturated heterocycles. The fourth-order valence-electron chi connectivity index (χ4n) is 1.02. The van der Waals surface area contributed by atoms with Gasteiger partial charge in [0.05, 0.1) is 16.3 Å². The molecule has 0 fully saturated rings. The molecule has 1 heterocycles. The molecule has 1 aromatic rings. The van der Waals surface area contributed by atoms with Crippen LogP contribution in [0.5, 0.6) is 0 Å². The summed E-state index contributed by atoms with van der Waals surface area (Å²) in [5.41, 5.74) is 4.53. The molecular formula is C8H8ClF3N2. The first-order valence-corrected chi connectivity index (χ1v) is 4.25. The van der Waals surface area contributed by atoms with Crippen LogP contribution in [0.15, 0.2) is 12.3 Å². The highest BCUT2D eigenvalue weighted by Crippen LogP contribution is 2.35. The van der Waals surface area contributed by atoms with E-state index in [1.165, 1.54) is 0 Å². The van der Waals surface area contributed by atoms with E-state index >= 15 is 0 Å². The second-order valence-corrected chi connectivity index (χ2v) is 3.03. The van der Waals surface area contributed by atoms with Gasteiger partial charge in [0.25, 0.3) is 0 Å². The lowest BCUT2D eigenvalue weighted by Crippen LogP contribution is -2.10. The molecule has 0 radical (unpaired) electrons. The normalized spacial score (nSPS) is 11.8. The summed E-state index contributed by atoms with van der Waals surface area (Å²) in [5, 5.41) is -0.356. The molecule has 2 N–H and O–H groups in total. The molecule has 78 valence electrons. The highest BCUT2D eigenvalue weighted by atomic mass is 35.5. The summed E-state index contributed by atoms with van der Waals surface area (Å²) in [6.45, 7) is 0.216. The topological polar surface area (TPSA) is 38.9 Å². The van der Waals surface area contributed by atoms with E-state index in [1.807, 2.05) is 0 Å². The maximum absolute atomic E-state index is 12.3. The number of aromatic nitrogens is 1. The monoisotopic (exact) mass is 224 g/mol. The molecule has 0 aromatic carbocycles. The van der Waals surface area contributed by atoms with Crippen LogP contribution in [0.1, 0.15) is 11.3 Å². The molecule has 0 atom stereocenters.